The fraction of sp³-hybridized carbons (Fsp3) is 0.447. The summed E-state index contributed by atoms with van der Waals surface area (Å²) in [6, 6.07) is 13.2. The molecule has 10 heteroatoms. The van der Waals surface area contributed by atoms with Crippen molar-refractivity contribution in [3.05, 3.63) is 77.3 Å². The van der Waals surface area contributed by atoms with Gasteiger partial charge in [-0.3, -0.25) is 4.79 Å². The van der Waals surface area contributed by atoms with E-state index in [-0.39, 0.29) is 23.8 Å². The molecular formula is C38H47FN4O5. The van der Waals surface area contributed by atoms with Crippen molar-refractivity contribution >= 4 is 17.4 Å². The Morgan fingerprint density at radius 3 is 2.50 bits per heavy atom. The lowest BCUT2D eigenvalue weighted by atomic mass is 9.93. The predicted molar refractivity (Wildman–Crippen MR) is 186 cm³/mol. The number of carbonyl (C=O) groups is 1. The van der Waals surface area contributed by atoms with E-state index in [1.165, 1.54) is 7.11 Å². The minimum atomic E-state index is -0.500. The van der Waals surface area contributed by atoms with Gasteiger partial charge in [0.05, 0.1) is 49.2 Å². The average Bonchev–Trinajstić information content (AvgIpc) is 3.45. The first-order valence-electron chi connectivity index (χ1n) is 16.5. The Bertz CT molecular complexity index is 1800. The Labute approximate surface area is 282 Å². The summed E-state index contributed by atoms with van der Waals surface area (Å²) in [7, 11) is 1.40. The highest BCUT2D eigenvalue weighted by Crippen LogP contribution is 2.38. The molecule has 2 aromatic heterocycles. The van der Waals surface area contributed by atoms with E-state index < -0.39 is 5.60 Å². The molecule has 6 bridgehead atoms. The van der Waals surface area contributed by atoms with E-state index in [1.54, 1.807) is 33.8 Å². The second kappa shape index (κ2) is 14.5. The quantitative estimate of drug-likeness (QED) is 0.181. The highest BCUT2D eigenvalue weighted by molar-refractivity contribution is 5.79. The summed E-state index contributed by atoms with van der Waals surface area (Å²) in [6.45, 7) is 13.5. The predicted octanol–water partition coefficient (Wildman–Crippen LogP) is 7.03. The molecule has 0 unspecified atom stereocenters. The molecule has 0 saturated carbocycles. The van der Waals surface area contributed by atoms with Crippen LogP contribution in [0.25, 0.3) is 28.0 Å². The minimum absolute atomic E-state index is 0.0930. The molecule has 0 amide bonds. The number of halogens is 1. The molecular weight excluding hydrogens is 611 g/mol. The summed E-state index contributed by atoms with van der Waals surface area (Å²) in [6.07, 6.45) is 6.49. The van der Waals surface area contributed by atoms with E-state index in [0.29, 0.717) is 53.4 Å². The van der Waals surface area contributed by atoms with Gasteiger partial charge in [-0.25, -0.2) is 9.37 Å². The van der Waals surface area contributed by atoms with Crippen LogP contribution in [0.4, 0.5) is 10.2 Å². The number of ether oxygens (including phenoxy) is 3. The number of aromatic nitrogens is 3. The van der Waals surface area contributed by atoms with Crippen LogP contribution in [0.15, 0.2) is 54.6 Å². The van der Waals surface area contributed by atoms with Crippen molar-refractivity contribution in [2.24, 2.45) is 0 Å². The van der Waals surface area contributed by atoms with E-state index >= 15 is 4.39 Å². The number of rotatable bonds is 2. The molecule has 1 N–H and O–H groups in total. The maximum absolute atomic E-state index is 15.6. The zero-order valence-electron chi connectivity index (χ0n) is 29.1. The zero-order valence-corrected chi connectivity index (χ0v) is 29.1. The maximum atomic E-state index is 15.6. The fourth-order valence-corrected chi connectivity index (χ4v) is 5.92. The number of aliphatic hydroxyl groups is 1. The number of piperidine rings is 1. The van der Waals surface area contributed by atoms with Crippen LogP contribution in [0, 0.1) is 19.7 Å². The largest absolute Gasteiger partial charge is 0.493 e. The van der Waals surface area contributed by atoms with Gasteiger partial charge in [-0.15, -0.1) is 0 Å². The smallest absolute Gasteiger partial charge is 0.310 e. The molecule has 0 spiro atoms. The van der Waals surface area contributed by atoms with E-state index in [9.17, 15) is 4.79 Å². The van der Waals surface area contributed by atoms with Crippen molar-refractivity contribution in [3.63, 3.8) is 0 Å². The molecule has 0 atom stereocenters. The van der Waals surface area contributed by atoms with Gasteiger partial charge < -0.3 is 24.2 Å². The van der Waals surface area contributed by atoms with Crippen molar-refractivity contribution in [1.82, 2.24) is 14.6 Å². The van der Waals surface area contributed by atoms with Crippen LogP contribution in [0.5, 0.6) is 5.75 Å². The highest BCUT2D eigenvalue weighted by atomic mass is 19.1. The molecule has 48 heavy (non-hydrogen) atoms. The Hall–Kier alpha value is -4.28. The van der Waals surface area contributed by atoms with Crippen LogP contribution in [-0.2, 0) is 20.7 Å². The minimum Gasteiger partial charge on any atom is -0.493 e. The zero-order chi connectivity index (χ0) is 34.6. The van der Waals surface area contributed by atoms with Gasteiger partial charge in [0.2, 0.25) is 0 Å². The van der Waals surface area contributed by atoms with E-state index in [0.717, 1.165) is 48.6 Å². The molecule has 1 fully saturated rings. The fourth-order valence-electron chi connectivity index (χ4n) is 5.92. The van der Waals surface area contributed by atoms with Crippen LogP contribution >= 0.6 is 0 Å². The van der Waals surface area contributed by atoms with Crippen LogP contribution < -0.4 is 9.64 Å². The van der Waals surface area contributed by atoms with E-state index in [1.807, 2.05) is 60.0 Å². The number of benzene rings is 2. The van der Waals surface area contributed by atoms with Gasteiger partial charge in [-0.05, 0) is 84.1 Å². The number of carbonyl (C=O) groups excluding carboxylic acids is 1. The van der Waals surface area contributed by atoms with E-state index in [2.05, 4.69) is 11.8 Å². The van der Waals surface area contributed by atoms with Crippen LogP contribution in [0.1, 0.15) is 63.8 Å². The molecule has 5 heterocycles. The molecule has 3 aliphatic rings. The molecule has 0 radical (unpaired) electrons. The highest BCUT2D eigenvalue weighted by Gasteiger charge is 2.33. The van der Waals surface area contributed by atoms with Gasteiger partial charge in [0.1, 0.15) is 17.4 Å². The van der Waals surface area contributed by atoms with Gasteiger partial charge >= 0.3 is 5.97 Å². The molecule has 4 aromatic rings. The topological polar surface area (TPSA) is 98.4 Å². The summed E-state index contributed by atoms with van der Waals surface area (Å²) in [5.41, 5.74) is 4.65. The van der Waals surface area contributed by atoms with Crippen LogP contribution in [0.2, 0.25) is 0 Å². The monoisotopic (exact) mass is 658 g/mol. The molecule has 2 aromatic carbocycles. The first-order chi connectivity index (χ1) is 22.8. The second-order valence-corrected chi connectivity index (χ2v) is 13.7. The molecule has 256 valence electrons. The third-order valence-corrected chi connectivity index (χ3v) is 8.53. The Morgan fingerprint density at radius 1 is 1.08 bits per heavy atom. The van der Waals surface area contributed by atoms with Crippen molar-refractivity contribution in [2.75, 3.05) is 38.3 Å². The lowest BCUT2D eigenvalue weighted by Gasteiger charge is -2.40. The number of hydrogen-bond donors (Lipinski definition) is 1. The van der Waals surface area contributed by atoms with Crippen LogP contribution in [0.3, 0.4) is 0 Å². The summed E-state index contributed by atoms with van der Waals surface area (Å²) >= 11 is 0. The number of esters is 1. The SMILES string of the molecule is CC(C)(C)O.COC(=O)Cc1c(C)nc2cc3nn2c1N1CCC(C)(CC1)OC/C=C/CCOc1ccc(C)c(F)c1-c1cccc-3c1. The Morgan fingerprint density at radius 2 is 1.79 bits per heavy atom. The number of aryl methyl sites for hydroxylation is 2. The Balaban J connectivity index is 0.000000840. The summed E-state index contributed by atoms with van der Waals surface area (Å²) < 4.78 is 34.9. The van der Waals surface area contributed by atoms with Gasteiger partial charge in [0.25, 0.3) is 0 Å². The third kappa shape index (κ3) is 8.22. The molecule has 9 nitrogen and oxygen atoms in total. The molecule has 7 rings (SSSR count). The summed E-state index contributed by atoms with van der Waals surface area (Å²) in [5.74, 6) is 0.702. The number of hydrogen-bond acceptors (Lipinski definition) is 8. The normalized spacial score (nSPS) is 16.8. The average molecular weight is 659 g/mol. The number of anilines is 1. The van der Waals surface area contributed by atoms with E-state index in [4.69, 9.17) is 29.4 Å². The molecule has 3 aliphatic heterocycles. The van der Waals surface area contributed by atoms with Gasteiger partial charge in [-0.2, -0.15) is 9.61 Å². The Kier molecular flexibility index (Phi) is 10.6. The second-order valence-electron chi connectivity index (χ2n) is 13.7. The van der Waals surface area contributed by atoms with Crippen molar-refractivity contribution in [3.8, 4) is 28.1 Å². The third-order valence-electron chi connectivity index (χ3n) is 8.53. The van der Waals surface area contributed by atoms with Gasteiger partial charge in [0, 0.05) is 36.0 Å². The maximum Gasteiger partial charge on any atom is 0.310 e. The number of fused-ring (bicyclic) bond motifs is 7. The number of methoxy groups -OCH3 is 1. The standard InChI is InChI=1S/C34H37FN4O4.C4H10O/c1-22-11-12-28-31(32(22)35)25-10-8-9-24(19-25)27-21-29-36-23(2)26(20-30(40)41-4)33(39(29)37-27)38-15-13-34(3,14-16-38)43-18-7-5-6-17-42-28;1-4(2,3)5/h5,7-12,19,21H,6,13-18,20H2,1-4H3;5H,1-3H3/b7-5+;. The first-order valence-corrected chi connectivity index (χ1v) is 16.5. The van der Waals surface area contributed by atoms with Crippen molar-refractivity contribution in [1.29, 1.82) is 0 Å². The first kappa shape index (κ1) is 35.0. The van der Waals surface area contributed by atoms with Gasteiger partial charge in [-0.1, -0.05) is 36.4 Å². The van der Waals surface area contributed by atoms with Crippen molar-refractivity contribution < 1.29 is 28.5 Å². The summed E-state index contributed by atoms with van der Waals surface area (Å²) in [4.78, 5) is 19.6. The number of nitrogens with zero attached hydrogens (tertiary/aromatic N) is 4. The van der Waals surface area contributed by atoms with Crippen LogP contribution in [-0.4, -0.2) is 70.3 Å². The van der Waals surface area contributed by atoms with Gasteiger partial charge in [0.15, 0.2) is 5.65 Å². The van der Waals surface area contributed by atoms with Crippen molar-refractivity contribution in [2.45, 2.75) is 78.4 Å². The molecule has 0 aliphatic carbocycles. The lowest BCUT2D eigenvalue weighted by molar-refractivity contribution is -0.139. The molecule has 1 saturated heterocycles. The lowest BCUT2D eigenvalue weighted by Crippen LogP contribution is -2.45. The summed E-state index contributed by atoms with van der Waals surface area (Å²) in [5, 5.41) is 13.5.